The molecule has 0 radical (unpaired) electrons. The van der Waals surface area contributed by atoms with Crippen molar-refractivity contribution < 1.29 is 24.4 Å². The van der Waals surface area contributed by atoms with E-state index in [9.17, 15) is 24.8 Å². The van der Waals surface area contributed by atoms with Gasteiger partial charge < -0.3 is 9.84 Å². The van der Waals surface area contributed by atoms with Crippen LogP contribution in [0.1, 0.15) is 5.56 Å². The number of phenolic OH excluding ortho intramolecular Hbond substituents is 1. The molecule has 3 rings (SSSR count). The first-order valence-electron chi connectivity index (χ1n) is 7.95. The molecule has 1 heterocycles. The lowest BCUT2D eigenvalue weighted by atomic mass is 10.0. The van der Waals surface area contributed by atoms with E-state index in [1.54, 1.807) is 24.3 Å². The number of rotatable bonds is 4. The molecule has 0 aromatic heterocycles. The Hall–Kier alpha value is -3.31. The monoisotopic (exact) mass is 477 g/mol. The number of anilines is 1. The lowest BCUT2D eigenvalue weighted by Crippen LogP contribution is -2.54. The van der Waals surface area contributed by atoms with Gasteiger partial charge in [0.2, 0.25) is 0 Å². The topological polar surface area (TPSA) is 122 Å². The van der Waals surface area contributed by atoms with E-state index >= 15 is 0 Å². The number of amides is 2. The van der Waals surface area contributed by atoms with Gasteiger partial charge in [-0.05, 0) is 42.6 Å². The van der Waals surface area contributed by atoms with E-state index in [0.717, 1.165) is 27.6 Å². The number of nitro groups is 1. The Morgan fingerprint density at radius 2 is 1.93 bits per heavy atom. The second-order valence-corrected chi connectivity index (χ2v) is 7.08. The van der Waals surface area contributed by atoms with E-state index in [2.05, 4.69) is 21.2 Å². The zero-order valence-corrected chi connectivity index (χ0v) is 17.1. The normalized spacial score (nSPS) is 15.4. The number of carbonyl (C=O) groups excluding carboxylic acids is 2. The number of aromatic hydroxyl groups is 1. The molecular formula is C18H12BrN3O6S. The number of ether oxygens (including phenoxy) is 1. The van der Waals surface area contributed by atoms with Gasteiger partial charge in [0.15, 0.2) is 16.6 Å². The maximum Gasteiger partial charge on any atom is 0.274 e. The molecule has 148 valence electrons. The van der Waals surface area contributed by atoms with Gasteiger partial charge in [-0.2, -0.15) is 0 Å². The molecule has 1 saturated heterocycles. The van der Waals surface area contributed by atoms with Gasteiger partial charge in [-0.25, -0.2) is 0 Å². The number of halogens is 1. The predicted molar refractivity (Wildman–Crippen MR) is 112 cm³/mol. The van der Waals surface area contributed by atoms with Gasteiger partial charge in [-0.1, -0.05) is 15.9 Å². The van der Waals surface area contributed by atoms with Crippen LogP contribution in [0.15, 0.2) is 46.4 Å². The lowest BCUT2D eigenvalue weighted by molar-refractivity contribution is -0.385. The number of thiocarbonyl (C=S) groups is 1. The highest BCUT2D eigenvalue weighted by Crippen LogP contribution is 2.36. The summed E-state index contributed by atoms with van der Waals surface area (Å²) in [5.41, 5.74) is -0.456. The van der Waals surface area contributed by atoms with E-state index in [4.69, 9.17) is 17.0 Å². The number of hydrogen-bond acceptors (Lipinski definition) is 7. The van der Waals surface area contributed by atoms with Gasteiger partial charge in [-0.15, -0.1) is 0 Å². The number of hydrogen-bond donors (Lipinski definition) is 2. The van der Waals surface area contributed by atoms with Crippen molar-refractivity contribution in [2.24, 2.45) is 0 Å². The average Bonchev–Trinajstić information content (AvgIpc) is 2.67. The summed E-state index contributed by atoms with van der Waals surface area (Å²) in [6.07, 6.45) is 1.05. The number of benzene rings is 2. The average molecular weight is 478 g/mol. The summed E-state index contributed by atoms with van der Waals surface area (Å²) in [5.74, 6) is -2.16. The number of methoxy groups -OCH3 is 1. The molecule has 0 bridgehead atoms. The van der Waals surface area contributed by atoms with Crippen molar-refractivity contribution in [3.05, 3.63) is 62.1 Å². The third-order valence-electron chi connectivity index (χ3n) is 4.01. The Bertz CT molecular complexity index is 1080. The molecular weight excluding hydrogens is 466 g/mol. The Morgan fingerprint density at radius 3 is 2.52 bits per heavy atom. The highest BCUT2D eigenvalue weighted by atomic mass is 79.9. The fourth-order valence-electron chi connectivity index (χ4n) is 2.62. The maximum atomic E-state index is 13.0. The SMILES string of the molecule is COc1cc([N+](=O)[O-])cc(/C=C2/C(=O)NC(=S)N(c3ccc(Br)cc3)C2=O)c1O. The van der Waals surface area contributed by atoms with Crippen LogP contribution in [0, 0.1) is 10.1 Å². The zero-order chi connectivity index (χ0) is 21.3. The first kappa shape index (κ1) is 20.4. The van der Waals surface area contributed by atoms with Gasteiger partial charge in [0.1, 0.15) is 5.57 Å². The Morgan fingerprint density at radius 1 is 1.28 bits per heavy atom. The van der Waals surface area contributed by atoms with Crippen LogP contribution in [0.4, 0.5) is 11.4 Å². The lowest BCUT2D eigenvalue weighted by Gasteiger charge is -2.29. The third-order valence-corrected chi connectivity index (χ3v) is 4.82. The van der Waals surface area contributed by atoms with Gasteiger partial charge in [-0.3, -0.25) is 29.9 Å². The van der Waals surface area contributed by atoms with Crippen molar-refractivity contribution in [2.45, 2.75) is 0 Å². The van der Waals surface area contributed by atoms with Crippen LogP contribution in [0.5, 0.6) is 11.5 Å². The minimum Gasteiger partial charge on any atom is -0.504 e. The summed E-state index contributed by atoms with van der Waals surface area (Å²) in [4.78, 5) is 36.9. The van der Waals surface area contributed by atoms with Crippen LogP contribution >= 0.6 is 28.1 Å². The molecule has 0 spiro atoms. The van der Waals surface area contributed by atoms with Gasteiger partial charge in [0, 0.05) is 16.1 Å². The molecule has 0 unspecified atom stereocenters. The summed E-state index contributed by atoms with van der Waals surface area (Å²) in [6, 6.07) is 8.70. The molecule has 0 atom stereocenters. The summed E-state index contributed by atoms with van der Waals surface area (Å²) in [7, 11) is 1.22. The van der Waals surface area contributed by atoms with Crippen molar-refractivity contribution in [3.8, 4) is 11.5 Å². The van der Waals surface area contributed by atoms with Crippen LogP contribution in [0.2, 0.25) is 0 Å². The summed E-state index contributed by atoms with van der Waals surface area (Å²) in [6.45, 7) is 0. The number of nitrogens with zero attached hydrogens (tertiary/aromatic N) is 2. The number of non-ortho nitro benzene ring substituents is 1. The van der Waals surface area contributed by atoms with Gasteiger partial charge in [0.05, 0.1) is 23.8 Å². The number of nitrogens with one attached hydrogen (secondary N) is 1. The van der Waals surface area contributed by atoms with E-state index in [-0.39, 0.29) is 27.7 Å². The second-order valence-electron chi connectivity index (χ2n) is 5.78. The molecule has 2 N–H and O–H groups in total. The maximum absolute atomic E-state index is 13.0. The highest BCUT2D eigenvalue weighted by molar-refractivity contribution is 9.10. The van der Waals surface area contributed by atoms with E-state index < -0.39 is 22.5 Å². The van der Waals surface area contributed by atoms with Crippen LogP contribution < -0.4 is 15.0 Å². The molecule has 11 heteroatoms. The predicted octanol–water partition coefficient (Wildman–Crippen LogP) is 2.90. The van der Waals surface area contributed by atoms with E-state index in [1.165, 1.54) is 7.11 Å². The molecule has 29 heavy (non-hydrogen) atoms. The Labute approximate surface area is 177 Å². The quantitative estimate of drug-likeness (QED) is 0.228. The molecule has 2 amide bonds. The van der Waals surface area contributed by atoms with E-state index in [0.29, 0.717) is 5.69 Å². The van der Waals surface area contributed by atoms with Crippen LogP contribution in [-0.4, -0.2) is 34.1 Å². The van der Waals surface area contributed by atoms with Crippen molar-refractivity contribution in [1.82, 2.24) is 5.32 Å². The van der Waals surface area contributed by atoms with E-state index in [1.807, 2.05) is 0 Å². The molecule has 1 aliphatic heterocycles. The Kier molecular flexibility index (Phi) is 5.62. The van der Waals surface area contributed by atoms with Crippen molar-refractivity contribution in [2.75, 3.05) is 12.0 Å². The van der Waals surface area contributed by atoms with Crippen molar-refractivity contribution in [3.63, 3.8) is 0 Å². The molecule has 1 aliphatic rings. The minimum atomic E-state index is -0.793. The standard InChI is InChI=1S/C18H12BrN3O6S/c1-28-14-8-12(22(26)27)6-9(15(14)23)7-13-16(24)20-18(29)21(17(13)25)11-4-2-10(19)3-5-11/h2-8,23H,1H3,(H,20,24,29)/b13-7-. The fraction of sp³-hybridized carbons (Fsp3) is 0.0556. The number of nitro benzene ring substituents is 1. The first-order chi connectivity index (χ1) is 13.7. The summed E-state index contributed by atoms with van der Waals surface area (Å²) in [5, 5.41) is 23.7. The zero-order valence-electron chi connectivity index (χ0n) is 14.7. The highest BCUT2D eigenvalue weighted by Gasteiger charge is 2.35. The minimum absolute atomic E-state index is 0.111. The Balaban J connectivity index is 2.11. The second kappa shape index (κ2) is 7.97. The van der Waals surface area contributed by atoms with Crippen LogP contribution in [0.3, 0.4) is 0 Å². The molecule has 2 aromatic rings. The van der Waals surface area contributed by atoms with Gasteiger partial charge >= 0.3 is 0 Å². The van der Waals surface area contributed by atoms with Crippen LogP contribution in [0.25, 0.3) is 6.08 Å². The molecule has 2 aromatic carbocycles. The summed E-state index contributed by atoms with van der Waals surface area (Å²) < 4.78 is 5.72. The fourth-order valence-corrected chi connectivity index (χ4v) is 3.17. The van der Waals surface area contributed by atoms with Crippen LogP contribution in [-0.2, 0) is 9.59 Å². The van der Waals surface area contributed by atoms with Crippen molar-refractivity contribution in [1.29, 1.82) is 0 Å². The molecule has 0 aliphatic carbocycles. The van der Waals surface area contributed by atoms with Crippen molar-refractivity contribution >= 4 is 62.5 Å². The molecule has 0 saturated carbocycles. The molecule has 9 nitrogen and oxygen atoms in total. The third kappa shape index (κ3) is 3.96. The molecule has 1 fully saturated rings. The first-order valence-corrected chi connectivity index (χ1v) is 9.15. The smallest absolute Gasteiger partial charge is 0.274 e. The van der Waals surface area contributed by atoms with Gasteiger partial charge in [0.25, 0.3) is 17.5 Å². The largest absolute Gasteiger partial charge is 0.504 e. The number of carbonyl (C=O) groups is 2. The summed E-state index contributed by atoms with van der Waals surface area (Å²) >= 11 is 8.40. The number of phenols is 1.